The largest absolute Gasteiger partial charge is 0.467 e. The molecule has 24 heavy (non-hydrogen) atoms. The summed E-state index contributed by atoms with van der Waals surface area (Å²) in [5.74, 6) is -0.710. The van der Waals surface area contributed by atoms with Crippen LogP contribution in [0.2, 0.25) is 0 Å². The number of amides is 2. The maximum absolute atomic E-state index is 12.0. The molecule has 0 aliphatic rings. The fourth-order valence-corrected chi connectivity index (χ4v) is 2.10. The Balaban J connectivity index is 2.66. The second kappa shape index (κ2) is 9.50. The molecule has 2 amide bonds. The van der Waals surface area contributed by atoms with Crippen molar-refractivity contribution in [1.29, 1.82) is 0 Å². The van der Waals surface area contributed by atoms with E-state index in [1.807, 2.05) is 13.8 Å². The van der Waals surface area contributed by atoms with Gasteiger partial charge in [0.2, 0.25) is 11.8 Å². The normalized spacial score (nSPS) is 12.0. The summed E-state index contributed by atoms with van der Waals surface area (Å²) in [4.78, 5) is 34.6. The van der Waals surface area contributed by atoms with E-state index in [0.29, 0.717) is 12.1 Å². The van der Waals surface area contributed by atoms with Gasteiger partial charge in [0.25, 0.3) is 0 Å². The van der Waals surface area contributed by atoms with Gasteiger partial charge in [-0.3, -0.25) is 9.59 Å². The predicted octanol–water partition coefficient (Wildman–Crippen LogP) is 2.36. The summed E-state index contributed by atoms with van der Waals surface area (Å²) >= 11 is 0. The molecule has 6 nitrogen and oxygen atoms in total. The Morgan fingerprint density at radius 1 is 1.17 bits per heavy atom. The van der Waals surface area contributed by atoms with E-state index in [4.69, 9.17) is 4.74 Å². The molecule has 0 bridgehead atoms. The van der Waals surface area contributed by atoms with Crippen molar-refractivity contribution in [3.8, 4) is 0 Å². The number of hydrogen-bond donors (Lipinski definition) is 2. The second-order valence-electron chi connectivity index (χ2n) is 5.85. The van der Waals surface area contributed by atoms with Crippen LogP contribution >= 0.6 is 0 Å². The lowest BCUT2D eigenvalue weighted by atomic mass is 10.0. The molecule has 0 fully saturated rings. The third-order valence-corrected chi connectivity index (χ3v) is 3.17. The third kappa shape index (κ3) is 7.09. The zero-order valence-corrected chi connectivity index (χ0v) is 14.5. The first-order valence-electron chi connectivity index (χ1n) is 7.76. The maximum atomic E-state index is 12.0. The smallest absolute Gasteiger partial charge is 0.328 e. The number of ether oxygens (including phenoxy) is 1. The Morgan fingerprint density at radius 2 is 1.79 bits per heavy atom. The van der Waals surface area contributed by atoms with Crippen LogP contribution in [0.15, 0.2) is 30.3 Å². The van der Waals surface area contributed by atoms with E-state index in [0.717, 1.165) is 5.56 Å². The molecule has 1 aromatic carbocycles. The first-order valence-corrected chi connectivity index (χ1v) is 7.76. The summed E-state index contributed by atoms with van der Waals surface area (Å²) in [6, 6.07) is 6.39. The van der Waals surface area contributed by atoms with Crippen molar-refractivity contribution in [1.82, 2.24) is 5.32 Å². The monoisotopic (exact) mass is 332 g/mol. The molecule has 0 unspecified atom stereocenters. The molecule has 0 aliphatic carbocycles. The van der Waals surface area contributed by atoms with Gasteiger partial charge in [0.05, 0.1) is 7.11 Å². The van der Waals surface area contributed by atoms with Gasteiger partial charge in [-0.2, -0.15) is 0 Å². The van der Waals surface area contributed by atoms with Gasteiger partial charge in [-0.05, 0) is 36.1 Å². The minimum absolute atomic E-state index is 0.142. The van der Waals surface area contributed by atoms with Gasteiger partial charge in [-0.25, -0.2) is 4.79 Å². The molecule has 0 saturated heterocycles. The second-order valence-corrected chi connectivity index (χ2v) is 5.85. The van der Waals surface area contributed by atoms with Crippen LogP contribution in [0.3, 0.4) is 0 Å². The summed E-state index contributed by atoms with van der Waals surface area (Å²) in [5.41, 5.74) is 1.49. The van der Waals surface area contributed by atoms with Crippen LogP contribution in [-0.2, 0) is 19.1 Å². The highest BCUT2D eigenvalue weighted by molar-refractivity contribution is 5.94. The highest BCUT2D eigenvalue weighted by Crippen LogP contribution is 2.11. The third-order valence-electron chi connectivity index (χ3n) is 3.17. The van der Waals surface area contributed by atoms with Crippen molar-refractivity contribution in [2.24, 2.45) is 5.92 Å². The topological polar surface area (TPSA) is 84.5 Å². The molecule has 130 valence electrons. The highest BCUT2D eigenvalue weighted by Gasteiger charge is 2.21. The minimum Gasteiger partial charge on any atom is -0.467 e. The van der Waals surface area contributed by atoms with Crippen LogP contribution in [0.5, 0.6) is 0 Å². The first kappa shape index (κ1) is 19.4. The minimum atomic E-state index is -0.658. The number of anilines is 1. The van der Waals surface area contributed by atoms with Crippen LogP contribution in [-0.4, -0.2) is 30.9 Å². The fourth-order valence-electron chi connectivity index (χ4n) is 2.10. The van der Waals surface area contributed by atoms with E-state index in [2.05, 4.69) is 10.6 Å². The molecule has 0 spiro atoms. The van der Waals surface area contributed by atoms with E-state index in [1.54, 1.807) is 30.3 Å². The lowest BCUT2D eigenvalue weighted by molar-refractivity contribution is -0.145. The molecule has 0 radical (unpaired) electrons. The average molecular weight is 332 g/mol. The molecular formula is C18H24N2O4. The van der Waals surface area contributed by atoms with E-state index in [9.17, 15) is 14.4 Å². The summed E-state index contributed by atoms with van der Waals surface area (Å²) in [6.45, 7) is 5.37. The SMILES string of the molecule is COC(=O)[C@@H](CC(C)C)NC(=O)/C=C/c1ccc(NC(C)=O)cc1. The van der Waals surface area contributed by atoms with Crippen molar-refractivity contribution in [3.63, 3.8) is 0 Å². The molecule has 0 saturated carbocycles. The first-order chi connectivity index (χ1) is 11.3. The zero-order valence-electron chi connectivity index (χ0n) is 14.5. The standard InChI is InChI=1S/C18H24N2O4/c1-12(2)11-16(18(23)24-4)20-17(22)10-7-14-5-8-15(9-6-14)19-13(3)21/h5-10,12,16H,11H2,1-4H3,(H,19,21)(H,20,22)/b10-7+/t16-/m1/s1. The lowest BCUT2D eigenvalue weighted by Gasteiger charge is -2.17. The van der Waals surface area contributed by atoms with Crippen LogP contribution in [0.4, 0.5) is 5.69 Å². The fraction of sp³-hybridized carbons (Fsp3) is 0.389. The van der Waals surface area contributed by atoms with E-state index in [1.165, 1.54) is 20.1 Å². The Hall–Kier alpha value is -2.63. The number of carbonyl (C=O) groups is 3. The maximum Gasteiger partial charge on any atom is 0.328 e. The zero-order chi connectivity index (χ0) is 18.1. The van der Waals surface area contributed by atoms with Crippen LogP contribution in [0.1, 0.15) is 32.8 Å². The summed E-state index contributed by atoms with van der Waals surface area (Å²) in [5, 5.41) is 5.32. The molecule has 1 atom stereocenters. The molecule has 0 aromatic heterocycles. The van der Waals surface area contributed by atoms with Gasteiger partial charge in [0, 0.05) is 18.7 Å². The highest BCUT2D eigenvalue weighted by atomic mass is 16.5. The molecular weight excluding hydrogens is 308 g/mol. The lowest BCUT2D eigenvalue weighted by Crippen LogP contribution is -2.41. The Morgan fingerprint density at radius 3 is 2.29 bits per heavy atom. The van der Waals surface area contributed by atoms with Gasteiger partial charge < -0.3 is 15.4 Å². The molecule has 1 aromatic rings. The molecule has 1 rings (SSSR count). The molecule has 0 aliphatic heterocycles. The summed E-state index contributed by atoms with van der Waals surface area (Å²) in [7, 11) is 1.30. The van der Waals surface area contributed by atoms with Crippen molar-refractivity contribution in [2.75, 3.05) is 12.4 Å². The van der Waals surface area contributed by atoms with Gasteiger partial charge in [0.15, 0.2) is 0 Å². The number of rotatable bonds is 7. The average Bonchev–Trinajstić information content (AvgIpc) is 2.52. The molecule has 0 heterocycles. The van der Waals surface area contributed by atoms with E-state index >= 15 is 0 Å². The predicted molar refractivity (Wildman–Crippen MR) is 93.2 cm³/mol. The van der Waals surface area contributed by atoms with Crippen LogP contribution < -0.4 is 10.6 Å². The van der Waals surface area contributed by atoms with Gasteiger partial charge in [0.1, 0.15) is 6.04 Å². The van der Waals surface area contributed by atoms with E-state index < -0.39 is 12.0 Å². The van der Waals surface area contributed by atoms with Crippen LogP contribution in [0.25, 0.3) is 6.08 Å². The number of nitrogens with one attached hydrogen (secondary N) is 2. The van der Waals surface area contributed by atoms with Gasteiger partial charge in [-0.15, -0.1) is 0 Å². The number of carbonyl (C=O) groups excluding carboxylic acids is 3. The van der Waals surface area contributed by atoms with Crippen molar-refractivity contribution in [3.05, 3.63) is 35.9 Å². The van der Waals surface area contributed by atoms with Gasteiger partial charge in [-0.1, -0.05) is 26.0 Å². The number of esters is 1. The molecule has 6 heteroatoms. The number of hydrogen-bond acceptors (Lipinski definition) is 4. The Kier molecular flexibility index (Phi) is 7.68. The molecule has 2 N–H and O–H groups in total. The van der Waals surface area contributed by atoms with Crippen molar-refractivity contribution >= 4 is 29.5 Å². The van der Waals surface area contributed by atoms with Crippen LogP contribution in [0, 0.1) is 5.92 Å². The summed E-state index contributed by atoms with van der Waals surface area (Å²) < 4.78 is 4.71. The quantitative estimate of drug-likeness (QED) is 0.593. The van der Waals surface area contributed by atoms with Crippen molar-refractivity contribution < 1.29 is 19.1 Å². The Bertz CT molecular complexity index is 606. The number of methoxy groups -OCH3 is 1. The van der Waals surface area contributed by atoms with Gasteiger partial charge >= 0.3 is 5.97 Å². The van der Waals surface area contributed by atoms with E-state index in [-0.39, 0.29) is 17.7 Å². The number of benzene rings is 1. The Labute approximate surface area is 142 Å². The summed E-state index contributed by atoms with van der Waals surface area (Å²) in [6.07, 6.45) is 3.51. The van der Waals surface area contributed by atoms with Crippen molar-refractivity contribution in [2.45, 2.75) is 33.2 Å².